The maximum Gasteiger partial charge on any atom is 0.416 e. The average Bonchev–Trinajstić information content (AvgIpc) is 2.25. The molecule has 86 valence electrons. The van der Waals surface area contributed by atoms with Crippen LogP contribution in [-0.2, 0) is 6.18 Å². The third kappa shape index (κ3) is 2.99. The van der Waals surface area contributed by atoms with Crippen LogP contribution in [0.3, 0.4) is 0 Å². The average molecular weight is 227 g/mol. The summed E-state index contributed by atoms with van der Waals surface area (Å²) < 4.78 is 37.3. The predicted molar refractivity (Wildman–Crippen MR) is 54.7 cm³/mol. The Labute approximate surface area is 92.5 Å². The Morgan fingerprint density at radius 1 is 1.38 bits per heavy atom. The molecule has 4 heteroatoms. The molecule has 0 N–H and O–H groups in total. The van der Waals surface area contributed by atoms with Crippen LogP contribution < -0.4 is 0 Å². The molecular weight excluding hydrogens is 215 g/mol. The minimum atomic E-state index is -4.35. The van der Waals surface area contributed by atoms with E-state index in [1.807, 2.05) is 13.0 Å². The number of nitriles is 1. The monoisotopic (exact) mass is 227 g/mol. The highest BCUT2D eigenvalue weighted by molar-refractivity contribution is 5.31. The lowest BCUT2D eigenvalue weighted by molar-refractivity contribution is -0.137. The fraction of sp³-hybridized carbons (Fsp3) is 0.417. The topological polar surface area (TPSA) is 23.8 Å². The highest BCUT2D eigenvalue weighted by Gasteiger charge is 2.30. The summed E-state index contributed by atoms with van der Waals surface area (Å²) in [6.07, 6.45) is -2.99. The van der Waals surface area contributed by atoms with Crippen LogP contribution in [0.25, 0.3) is 0 Å². The van der Waals surface area contributed by atoms with Crippen molar-refractivity contribution in [3.63, 3.8) is 0 Å². The van der Waals surface area contributed by atoms with Crippen molar-refractivity contribution in [1.82, 2.24) is 0 Å². The fourth-order valence-corrected chi connectivity index (χ4v) is 1.53. The smallest absolute Gasteiger partial charge is 0.198 e. The summed E-state index contributed by atoms with van der Waals surface area (Å²) >= 11 is 0. The number of halogens is 3. The summed E-state index contributed by atoms with van der Waals surface area (Å²) in [5.41, 5.74) is -0.250. The number of alkyl halides is 3. The summed E-state index contributed by atoms with van der Waals surface area (Å²) in [5, 5.41) is 8.87. The first kappa shape index (κ1) is 12.6. The highest BCUT2D eigenvalue weighted by Crippen LogP contribution is 2.31. The number of rotatable bonds is 3. The lowest BCUT2D eigenvalue weighted by Gasteiger charge is -2.11. The van der Waals surface area contributed by atoms with Gasteiger partial charge in [-0.05, 0) is 18.1 Å². The summed E-state index contributed by atoms with van der Waals surface area (Å²) in [6.45, 7) is 1.90. The van der Waals surface area contributed by atoms with Gasteiger partial charge in [-0.15, -0.1) is 0 Å². The second-order valence-corrected chi connectivity index (χ2v) is 3.59. The van der Waals surface area contributed by atoms with Crippen LogP contribution in [0.5, 0.6) is 0 Å². The standard InChI is InChI=1S/C12H12F3N/c1-2-4-10(8-16)9-5-3-6-11(7-9)12(13,14)15/h3,5-7,10H,2,4H2,1H3. The molecule has 1 nitrogen and oxygen atoms in total. The van der Waals surface area contributed by atoms with Gasteiger partial charge in [0.1, 0.15) is 0 Å². The normalized spacial score (nSPS) is 13.2. The number of benzene rings is 1. The molecule has 0 bridgehead atoms. The van der Waals surface area contributed by atoms with Gasteiger partial charge in [-0.1, -0.05) is 31.5 Å². The van der Waals surface area contributed by atoms with Crippen molar-refractivity contribution in [1.29, 1.82) is 5.26 Å². The molecule has 0 radical (unpaired) electrons. The van der Waals surface area contributed by atoms with Gasteiger partial charge in [0, 0.05) is 0 Å². The summed E-state index contributed by atoms with van der Waals surface area (Å²) in [7, 11) is 0. The maximum absolute atomic E-state index is 12.4. The minimum absolute atomic E-state index is 0.444. The molecule has 16 heavy (non-hydrogen) atoms. The second kappa shape index (κ2) is 5.02. The van der Waals surface area contributed by atoms with Crippen molar-refractivity contribution in [3.8, 4) is 6.07 Å². The SMILES string of the molecule is CCCC(C#N)c1cccc(C(F)(F)F)c1. The molecule has 0 aliphatic carbocycles. The number of nitrogens with zero attached hydrogens (tertiary/aromatic N) is 1. The van der Waals surface area contributed by atoms with Crippen molar-refractivity contribution in [2.24, 2.45) is 0 Å². The van der Waals surface area contributed by atoms with E-state index in [9.17, 15) is 13.2 Å². The van der Waals surface area contributed by atoms with Crippen molar-refractivity contribution in [2.45, 2.75) is 31.9 Å². The van der Waals surface area contributed by atoms with Crippen LogP contribution in [0.1, 0.15) is 36.8 Å². The van der Waals surface area contributed by atoms with E-state index in [-0.39, 0.29) is 0 Å². The van der Waals surface area contributed by atoms with Gasteiger partial charge in [0.05, 0.1) is 17.6 Å². The lowest BCUT2D eigenvalue weighted by atomic mass is 9.94. The molecule has 1 atom stereocenters. The van der Waals surface area contributed by atoms with E-state index in [4.69, 9.17) is 5.26 Å². The van der Waals surface area contributed by atoms with Gasteiger partial charge in [0.25, 0.3) is 0 Å². The maximum atomic E-state index is 12.4. The van der Waals surface area contributed by atoms with E-state index in [0.29, 0.717) is 12.0 Å². The summed E-state index contributed by atoms with van der Waals surface area (Å²) in [5.74, 6) is -0.452. The van der Waals surface area contributed by atoms with Gasteiger partial charge in [0.2, 0.25) is 0 Å². The zero-order chi connectivity index (χ0) is 12.2. The van der Waals surface area contributed by atoms with Crippen LogP contribution in [0, 0.1) is 11.3 Å². The van der Waals surface area contributed by atoms with Gasteiger partial charge in [0.15, 0.2) is 0 Å². The third-order valence-corrected chi connectivity index (χ3v) is 2.35. The largest absolute Gasteiger partial charge is 0.416 e. The van der Waals surface area contributed by atoms with Gasteiger partial charge in [-0.25, -0.2) is 0 Å². The first-order valence-electron chi connectivity index (χ1n) is 5.05. The molecule has 1 aromatic rings. The summed E-state index contributed by atoms with van der Waals surface area (Å²) in [4.78, 5) is 0. The Morgan fingerprint density at radius 2 is 2.06 bits per heavy atom. The molecule has 0 aliphatic heterocycles. The minimum Gasteiger partial charge on any atom is -0.198 e. The van der Waals surface area contributed by atoms with E-state index in [0.717, 1.165) is 18.6 Å². The van der Waals surface area contributed by atoms with Gasteiger partial charge >= 0.3 is 6.18 Å². The Balaban J connectivity index is 3.03. The van der Waals surface area contributed by atoms with E-state index in [1.54, 1.807) is 6.07 Å². The molecule has 1 unspecified atom stereocenters. The molecule has 0 aromatic heterocycles. The van der Waals surface area contributed by atoms with Crippen molar-refractivity contribution in [3.05, 3.63) is 35.4 Å². The summed E-state index contributed by atoms with van der Waals surface area (Å²) in [6, 6.07) is 7.02. The first-order valence-corrected chi connectivity index (χ1v) is 5.05. The molecule has 1 aromatic carbocycles. The molecule has 0 heterocycles. The van der Waals surface area contributed by atoms with Crippen LogP contribution in [0.4, 0.5) is 13.2 Å². The van der Waals surface area contributed by atoms with E-state index < -0.39 is 17.7 Å². The number of hydrogen-bond acceptors (Lipinski definition) is 1. The van der Waals surface area contributed by atoms with Crippen molar-refractivity contribution in [2.75, 3.05) is 0 Å². The van der Waals surface area contributed by atoms with Crippen LogP contribution in [-0.4, -0.2) is 0 Å². The van der Waals surface area contributed by atoms with Gasteiger partial charge < -0.3 is 0 Å². The second-order valence-electron chi connectivity index (χ2n) is 3.59. The Kier molecular flexibility index (Phi) is 3.94. The van der Waals surface area contributed by atoms with Gasteiger partial charge in [-0.2, -0.15) is 18.4 Å². The first-order chi connectivity index (χ1) is 7.49. The van der Waals surface area contributed by atoms with E-state index >= 15 is 0 Å². The molecular formula is C12H12F3N. The quantitative estimate of drug-likeness (QED) is 0.762. The molecule has 0 aliphatic rings. The van der Waals surface area contributed by atoms with Crippen LogP contribution >= 0.6 is 0 Å². The lowest BCUT2D eigenvalue weighted by Crippen LogP contribution is -2.06. The number of hydrogen-bond donors (Lipinski definition) is 0. The van der Waals surface area contributed by atoms with E-state index in [2.05, 4.69) is 0 Å². The highest BCUT2D eigenvalue weighted by atomic mass is 19.4. The Bertz CT molecular complexity index is 390. The van der Waals surface area contributed by atoms with Gasteiger partial charge in [-0.3, -0.25) is 0 Å². The molecule has 0 spiro atoms. The molecule has 1 rings (SSSR count). The molecule has 0 fully saturated rings. The molecule has 0 amide bonds. The van der Waals surface area contributed by atoms with Crippen LogP contribution in [0.2, 0.25) is 0 Å². The zero-order valence-corrected chi connectivity index (χ0v) is 8.88. The Morgan fingerprint density at radius 3 is 2.56 bits per heavy atom. The van der Waals surface area contributed by atoms with Crippen molar-refractivity contribution >= 4 is 0 Å². The molecule has 0 saturated carbocycles. The fourth-order valence-electron chi connectivity index (χ4n) is 1.53. The Hall–Kier alpha value is -1.50. The zero-order valence-electron chi connectivity index (χ0n) is 8.88. The predicted octanol–water partition coefficient (Wildman–Crippen LogP) is 4.11. The third-order valence-electron chi connectivity index (χ3n) is 2.35. The molecule has 0 saturated heterocycles. The van der Waals surface area contributed by atoms with E-state index in [1.165, 1.54) is 6.07 Å². The van der Waals surface area contributed by atoms with Crippen LogP contribution in [0.15, 0.2) is 24.3 Å². The van der Waals surface area contributed by atoms with Crippen molar-refractivity contribution < 1.29 is 13.2 Å².